The molecule has 1 aliphatic heterocycles. The maximum Gasteiger partial charge on any atom is 0.203 e. The van der Waals surface area contributed by atoms with E-state index in [2.05, 4.69) is 20.8 Å². The first-order chi connectivity index (χ1) is 18.8. The van der Waals surface area contributed by atoms with Crippen LogP contribution in [0.25, 0.3) is 0 Å². The fourth-order valence-electron chi connectivity index (χ4n) is 5.17. The molecule has 3 unspecified atom stereocenters. The zero-order valence-electron chi connectivity index (χ0n) is 25.3. The van der Waals surface area contributed by atoms with Crippen LogP contribution in [0, 0.1) is 17.8 Å². The van der Waals surface area contributed by atoms with E-state index in [-0.39, 0.29) is 17.1 Å². The number of methoxy groups -OCH3 is 4. The number of benzene rings is 2. The summed E-state index contributed by atoms with van der Waals surface area (Å²) in [5.41, 5.74) is 0.953. The lowest BCUT2D eigenvalue weighted by Gasteiger charge is -2.34. The average Bonchev–Trinajstić information content (AvgIpc) is 2.95. The first kappa shape index (κ1) is 32.1. The monoisotopic (exact) mass is 544 g/mol. The Morgan fingerprint density at radius 3 is 2.05 bits per heavy atom. The van der Waals surface area contributed by atoms with Crippen molar-refractivity contribution in [1.82, 2.24) is 0 Å². The number of aromatic hydroxyl groups is 1. The van der Waals surface area contributed by atoms with Gasteiger partial charge in [-0.2, -0.15) is 0 Å². The smallest absolute Gasteiger partial charge is 0.203 e. The molecule has 1 heterocycles. The second-order valence-corrected chi connectivity index (χ2v) is 10.2. The highest BCUT2D eigenvalue weighted by molar-refractivity contribution is 6.04. The van der Waals surface area contributed by atoms with E-state index < -0.39 is 12.0 Å². The van der Waals surface area contributed by atoms with Gasteiger partial charge in [0, 0.05) is 17.7 Å². The molecule has 0 fully saturated rings. The van der Waals surface area contributed by atoms with Crippen molar-refractivity contribution >= 4 is 5.78 Å². The van der Waals surface area contributed by atoms with E-state index in [9.17, 15) is 9.90 Å². The highest BCUT2D eigenvalue weighted by Gasteiger charge is 2.40. The maximum atomic E-state index is 13.8. The minimum atomic E-state index is -0.587. The number of phenols is 1. The van der Waals surface area contributed by atoms with Crippen LogP contribution in [0.15, 0.2) is 24.3 Å². The van der Waals surface area contributed by atoms with Gasteiger partial charge in [0.1, 0.15) is 28.9 Å². The van der Waals surface area contributed by atoms with Gasteiger partial charge in [-0.05, 0) is 30.4 Å². The van der Waals surface area contributed by atoms with Crippen LogP contribution in [0.3, 0.4) is 0 Å². The van der Waals surface area contributed by atoms with Crippen LogP contribution in [0.4, 0.5) is 0 Å². The van der Waals surface area contributed by atoms with E-state index in [0.29, 0.717) is 47.0 Å². The van der Waals surface area contributed by atoms with Gasteiger partial charge >= 0.3 is 0 Å². The van der Waals surface area contributed by atoms with Crippen LogP contribution in [-0.2, 0) is 0 Å². The Bertz CT molecular complexity index is 1040. The Labute approximate surface area is 234 Å². The predicted molar refractivity (Wildman–Crippen MR) is 155 cm³/mol. The van der Waals surface area contributed by atoms with Gasteiger partial charge in [0.15, 0.2) is 17.3 Å². The summed E-state index contributed by atoms with van der Waals surface area (Å²) >= 11 is 0. The molecule has 218 valence electrons. The molecule has 0 aliphatic carbocycles. The molecular weight excluding hydrogens is 496 g/mol. The summed E-state index contributed by atoms with van der Waals surface area (Å²) in [5, 5.41) is 10.7. The lowest BCUT2D eigenvalue weighted by Crippen LogP contribution is -2.32. The molecule has 1 N–H and O–H groups in total. The highest BCUT2D eigenvalue weighted by atomic mass is 16.5. The summed E-state index contributed by atoms with van der Waals surface area (Å²) in [6, 6.07) is 6.76. The molecule has 2 aromatic carbocycles. The van der Waals surface area contributed by atoms with Crippen molar-refractivity contribution in [2.45, 2.75) is 79.2 Å². The van der Waals surface area contributed by atoms with Crippen molar-refractivity contribution in [3.8, 4) is 34.5 Å². The molecule has 0 aromatic heterocycles. The van der Waals surface area contributed by atoms with Crippen LogP contribution in [0.1, 0.15) is 95.2 Å². The zero-order valence-corrected chi connectivity index (χ0v) is 25.3. The molecule has 0 radical (unpaired) electrons. The minimum absolute atomic E-state index is 0.129. The quantitative estimate of drug-likeness (QED) is 0.273. The van der Waals surface area contributed by atoms with Gasteiger partial charge in [-0.1, -0.05) is 66.7 Å². The molecule has 0 bridgehead atoms. The molecule has 0 saturated carbocycles. The minimum Gasteiger partial charge on any atom is -0.507 e. The average molecular weight is 545 g/mol. The standard InChI is InChI=1S/C30H42O7.C2H6/c1-8-19(13-12-18(2)3)10-9-11-22-28(32)27-23(31)16-21(33-4)17-24(27)37-29(22)20-14-25(34-5)30(36-7)26(15-20)35-6;1-2/h14-19,22,29,31H,8-13H2,1-7H3;1-2H3. The van der Waals surface area contributed by atoms with Gasteiger partial charge in [0.25, 0.3) is 0 Å². The molecule has 7 heteroatoms. The number of hydrogen-bond donors (Lipinski definition) is 1. The lowest BCUT2D eigenvalue weighted by molar-refractivity contribution is 0.0620. The molecular formula is C32H48O7. The third-order valence-electron chi connectivity index (χ3n) is 7.37. The van der Waals surface area contributed by atoms with Gasteiger partial charge in [-0.15, -0.1) is 0 Å². The lowest BCUT2D eigenvalue weighted by atomic mass is 9.80. The fraction of sp³-hybridized carbons (Fsp3) is 0.594. The topological polar surface area (TPSA) is 83.5 Å². The Morgan fingerprint density at radius 2 is 1.54 bits per heavy atom. The molecule has 0 saturated heterocycles. The van der Waals surface area contributed by atoms with E-state index in [4.69, 9.17) is 23.7 Å². The van der Waals surface area contributed by atoms with Crippen LogP contribution >= 0.6 is 0 Å². The number of carbonyl (C=O) groups is 1. The molecule has 3 atom stereocenters. The van der Waals surface area contributed by atoms with Crippen molar-refractivity contribution in [1.29, 1.82) is 0 Å². The number of phenolic OH excluding ortho intramolecular Hbond substituents is 1. The van der Waals surface area contributed by atoms with Crippen molar-refractivity contribution in [3.63, 3.8) is 0 Å². The van der Waals surface area contributed by atoms with Crippen LogP contribution in [0.5, 0.6) is 34.5 Å². The fourth-order valence-corrected chi connectivity index (χ4v) is 5.17. The first-order valence-corrected chi connectivity index (χ1v) is 14.2. The largest absolute Gasteiger partial charge is 0.507 e. The second kappa shape index (κ2) is 15.5. The Kier molecular flexibility index (Phi) is 12.8. The Hall–Kier alpha value is -3.09. The van der Waals surface area contributed by atoms with E-state index in [1.807, 2.05) is 26.0 Å². The molecule has 0 amide bonds. The van der Waals surface area contributed by atoms with E-state index in [1.54, 1.807) is 27.4 Å². The number of rotatable bonds is 13. The summed E-state index contributed by atoms with van der Waals surface area (Å²) < 4.78 is 28.4. The number of ether oxygens (including phenoxy) is 5. The van der Waals surface area contributed by atoms with Crippen LogP contribution in [0.2, 0.25) is 0 Å². The Morgan fingerprint density at radius 1 is 0.897 bits per heavy atom. The van der Waals surface area contributed by atoms with Crippen molar-refractivity contribution in [2.24, 2.45) is 17.8 Å². The van der Waals surface area contributed by atoms with Gasteiger partial charge in [-0.25, -0.2) is 0 Å². The highest BCUT2D eigenvalue weighted by Crippen LogP contribution is 2.48. The number of carbonyl (C=O) groups excluding carboxylic acids is 1. The van der Waals surface area contributed by atoms with E-state index >= 15 is 0 Å². The summed E-state index contributed by atoms with van der Waals surface area (Å²) in [6.45, 7) is 10.7. The first-order valence-electron chi connectivity index (χ1n) is 14.2. The molecule has 3 rings (SSSR count). The van der Waals surface area contributed by atoms with Gasteiger partial charge in [0.05, 0.1) is 34.4 Å². The summed E-state index contributed by atoms with van der Waals surface area (Å²) in [7, 11) is 6.18. The molecule has 7 nitrogen and oxygen atoms in total. The zero-order chi connectivity index (χ0) is 29.1. The summed E-state index contributed by atoms with van der Waals surface area (Å²) in [5.74, 6) is 2.76. The SMILES string of the molecule is CC.CCC(CCCC1C(=O)c2c(O)cc(OC)cc2OC1c1cc(OC)c(OC)c(OC)c1)CCC(C)C. The number of ketones is 1. The van der Waals surface area contributed by atoms with Crippen LogP contribution in [-0.4, -0.2) is 39.3 Å². The third-order valence-corrected chi connectivity index (χ3v) is 7.37. The normalized spacial score (nSPS) is 16.9. The molecule has 0 spiro atoms. The Balaban J connectivity index is 0.00000260. The van der Waals surface area contributed by atoms with Crippen molar-refractivity contribution < 1.29 is 33.6 Å². The molecule has 1 aliphatic rings. The third kappa shape index (κ3) is 7.74. The maximum absolute atomic E-state index is 13.8. The van der Waals surface area contributed by atoms with Gasteiger partial charge < -0.3 is 28.8 Å². The van der Waals surface area contributed by atoms with Gasteiger partial charge in [-0.3, -0.25) is 4.79 Å². The number of Topliss-reactive ketones (excluding diaryl/α,β-unsaturated/α-hetero) is 1. The predicted octanol–water partition coefficient (Wildman–Crippen LogP) is 8.02. The summed E-state index contributed by atoms with van der Waals surface area (Å²) in [4.78, 5) is 13.8. The number of fused-ring (bicyclic) bond motifs is 1. The van der Waals surface area contributed by atoms with E-state index in [0.717, 1.165) is 24.8 Å². The molecule has 39 heavy (non-hydrogen) atoms. The van der Waals surface area contributed by atoms with Crippen molar-refractivity contribution in [2.75, 3.05) is 28.4 Å². The van der Waals surface area contributed by atoms with Crippen LogP contribution < -0.4 is 23.7 Å². The molecule has 2 aromatic rings. The van der Waals surface area contributed by atoms with E-state index in [1.165, 1.54) is 26.0 Å². The van der Waals surface area contributed by atoms with Crippen molar-refractivity contribution in [3.05, 3.63) is 35.4 Å². The second-order valence-electron chi connectivity index (χ2n) is 10.2. The summed E-state index contributed by atoms with van der Waals surface area (Å²) in [6.07, 6.45) is 5.53. The van der Waals surface area contributed by atoms with Gasteiger partial charge in [0.2, 0.25) is 5.75 Å². The number of hydrogen-bond acceptors (Lipinski definition) is 7.